The van der Waals surface area contributed by atoms with Crippen molar-refractivity contribution in [1.29, 1.82) is 0 Å². The Hall–Kier alpha value is -1.33. The van der Waals surface area contributed by atoms with Crippen molar-refractivity contribution in [1.82, 2.24) is 9.97 Å². The molecule has 0 amide bonds. The van der Waals surface area contributed by atoms with Crippen molar-refractivity contribution < 1.29 is 30.3 Å². The van der Waals surface area contributed by atoms with Crippen LogP contribution >= 0.6 is 0 Å². The molecule has 1 aromatic heterocycles. The van der Waals surface area contributed by atoms with E-state index in [4.69, 9.17) is 10.2 Å². The molecule has 161 valence electrons. The van der Waals surface area contributed by atoms with Gasteiger partial charge in [-0.25, -0.2) is 0 Å². The normalized spacial score (nSPS) is 16.7. The Morgan fingerprint density at radius 3 is 2.34 bits per heavy atom. The van der Waals surface area contributed by atoms with Gasteiger partial charge in [-0.15, -0.1) is 28.8 Å². The minimum absolute atomic E-state index is 0. The Kier molecular flexibility index (Phi) is 8.77. The maximum atomic E-state index is 8.56. The second-order valence-corrected chi connectivity index (χ2v) is 8.11. The first-order chi connectivity index (χ1) is 13.3. The molecule has 6 heteroatoms. The van der Waals surface area contributed by atoms with Gasteiger partial charge in [0.05, 0.1) is 17.9 Å². The van der Waals surface area contributed by atoms with Crippen LogP contribution in [0.4, 0.5) is 5.69 Å². The molecule has 2 unspecified atom stereocenters. The van der Waals surface area contributed by atoms with E-state index in [1.807, 2.05) is 20.0 Å². The minimum atomic E-state index is -0.375. The summed E-state index contributed by atoms with van der Waals surface area (Å²) >= 11 is 0. The molecule has 0 fully saturated rings. The van der Waals surface area contributed by atoms with E-state index >= 15 is 0 Å². The summed E-state index contributed by atoms with van der Waals surface area (Å²) in [4.78, 5) is 11.7. The van der Waals surface area contributed by atoms with Crippen LogP contribution in [0.15, 0.2) is 12.3 Å². The topological polar surface area (TPSA) is 69.5 Å². The number of rotatable bonds is 3. The molecular formula is C23H32IrN3O2-. The maximum Gasteiger partial charge on any atom is 0.0539 e. The molecular weight excluding hydrogens is 542 g/mol. The fourth-order valence-corrected chi connectivity index (χ4v) is 4.19. The van der Waals surface area contributed by atoms with E-state index in [-0.39, 0.29) is 32.3 Å². The Bertz CT molecular complexity index is 787. The molecule has 2 aromatic rings. The number of aliphatic hydroxyl groups is 2. The largest absolute Gasteiger partial charge is 0.410 e. The van der Waals surface area contributed by atoms with Crippen LogP contribution in [0, 0.1) is 19.9 Å². The Labute approximate surface area is 187 Å². The zero-order valence-corrected chi connectivity index (χ0v) is 20.2. The predicted octanol–water partition coefficient (Wildman–Crippen LogP) is 3.40. The molecule has 0 aliphatic carbocycles. The van der Waals surface area contributed by atoms with Crippen molar-refractivity contribution in [3.8, 4) is 11.3 Å². The van der Waals surface area contributed by atoms with Gasteiger partial charge < -0.3 is 20.1 Å². The van der Waals surface area contributed by atoms with Crippen LogP contribution in [-0.4, -0.2) is 45.5 Å². The van der Waals surface area contributed by atoms with Crippen LogP contribution in [0.5, 0.6) is 0 Å². The van der Waals surface area contributed by atoms with E-state index in [1.165, 1.54) is 49.2 Å². The molecule has 2 aliphatic rings. The van der Waals surface area contributed by atoms with Gasteiger partial charge >= 0.3 is 0 Å². The van der Waals surface area contributed by atoms with E-state index in [0.717, 1.165) is 29.1 Å². The molecule has 1 aromatic carbocycles. The van der Waals surface area contributed by atoms with E-state index in [2.05, 4.69) is 27.0 Å². The van der Waals surface area contributed by atoms with Crippen molar-refractivity contribution in [2.45, 2.75) is 72.0 Å². The Morgan fingerprint density at radius 2 is 1.76 bits per heavy atom. The van der Waals surface area contributed by atoms with Gasteiger partial charge in [0, 0.05) is 50.8 Å². The summed E-state index contributed by atoms with van der Waals surface area (Å²) in [5, 5.41) is 17.1. The number of hydrogen-bond donors (Lipinski definition) is 2. The third kappa shape index (κ3) is 6.08. The number of aromatic nitrogens is 2. The standard InChI is InChI=1S/C18H20N3.C5H12O2.Ir/c1-12-11-19-17(13(2)20-12)16-9-14-5-3-7-21-8-4-6-15(10-16)18(14)21;1-4(6)3-5(2)7;/h9,11H,3-8H2,1-2H3;4-7H,3H2,1-2H3;/q-1;;. The molecule has 0 bridgehead atoms. The molecule has 2 N–H and O–H groups in total. The Morgan fingerprint density at radius 1 is 1.10 bits per heavy atom. The monoisotopic (exact) mass is 575 g/mol. The van der Waals surface area contributed by atoms with Crippen molar-refractivity contribution in [2.75, 3.05) is 18.0 Å². The number of aliphatic hydroxyl groups excluding tert-OH is 2. The fraction of sp³-hybridized carbons (Fsp3) is 0.565. The minimum Gasteiger partial charge on any atom is -0.410 e. The van der Waals surface area contributed by atoms with Crippen molar-refractivity contribution in [3.05, 3.63) is 40.8 Å². The second kappa shape index (κ2) is 10.6. The first-order valence-electron chi connectivity index (χ1n) is 10.3. The summed E-state index contributed by atoms with van der Waals surface area (Å²) in [6.07, 6.45) is 6.40. The molecule has 4 rings (SSSR count). The van der Waals surface area contributed by atoms with Crippen LogP contribution in [-0.2, 0) is 32.9 Å². The number of hydrogen-bond acceptors (Lipinski definition) is 5. The molecule has 0 saturated heterocycles. The third-order valence-electron chi connectivity index (χ3n) is 5.24. The number of aryl methyl sites for hydroxylation is 4. The van der Waals surface area contributed by atoms with Gasteiger partial charge in [0.15, 0.2) is 0 Å². The van der Waals surface area contributed by atoms with Crippen molar-refractivity contribution in [2.24, 2.45) is 0 Å². The van der Waals surface area contributed by atoms with Crippen LogP contribution in [0.1, 0.15) is 55.6 Å². The number of nitrogens with zero attached hydrogens (tertiary/aromatic N) is 3. The van der Waals surface area contributed by atoms with Gasteiger partial charge in [-0.2, -0.15) is 0 Å². The van der Waals surface area contributed by atoms with Crippen LogP contribution < -0.4 is 4.90 Å². The fourth-order valence-electron chi connectivity index (χ4n) is 4.19. The third-order valence-corrected chi connectivity index (χ3v) is 5.24. The Balaban J connectivity index is 0.000000327. The first-order valence-corrected chi connectivity index (χ1v) is 10.3. The van der Waals surface area contributed by atoms with Crippen LogP contribution in [0.2, 0.25) is 0 Å². The van der Waals surface area contributed by atoms with Gasteiger partial charge in [0.1, 0.15) is 0 Å². The molecule has 0 spiro atoms. The summed E-state index contributed by atoms with van der Waals surface area (Å²) in [6, 6.07) is 5.93. The van der Waals surface area contributed by atoms with Crippen molar-refractivity contribution >= 4 is 5.69 Å². The van der Waals surface area contributed by atoms with Gasteiger partial charge in [-0.1, -0.05) is 0 Å². The van der Waals surface area contributed by atoms with Gasteiger partial charge in [-0.05, 0) is 65.5 Å². The zero-order chi connectivity index (χ0) is 20.3. The number of benzene rings is 1. The first kappa shape index (κ1) is 23.9. The second-order valence-electron chi connectivity index (χ2n) is 8.11. The smallest absolute Gasteiger partial charge is 0.0539 e. The van der Waals surface area contributed by atoms with Gasteiger partial charge in [-0.3, -0.25) is 4.98 Å². The van der Waals surface area contributed by atoms with E-state index in [9.17, 15) is 0 Å². The molecule has 29 heavy (non-hydrogen) atoms. The molecule has 2 aliphatic heterocycles. The molecule has 0 saturated carbocycles. The summed E-state index contributed by atoms with van der Waals surface area (Å²) in [5.41, 5.74) is 8.42. The summed E-state index contributed by atoms with van der Waals surface area (Å²) in [7, 11) is 0. The predicted molar refractivity (Wildman–Crippen MR) is 113 cm³/mol. The van der Waals surface area contributed by atoms with Crippen LogP contribution in [0.25, 0.3) is 11.3 Å². The van der Waals surface area contributed by atoms with Crippen LogP contribution in [0.3, 0.4) is 0 Å². The average Bonchev–Trinajstić information content (AvgIpc) is 2.61. The SMILES string of the molecule is CC(O)CC(C)O.Cc1cnc(-c2[c-]c3c4c(c2)CCCN4CCC3)c(C)n1.[Ir]. The van der Waals surface area contributed by atoms with E-state index < -0.39 is 0 Å². The number of anilines is 1. The summed E-state index contributed by atoms with van der Waals surface area (Å²) < 4.78 is 0. The quantitative estimate of drug-likeness (QED) is 0.551. The molecule has 1 radical (unpaired) electrons. The molecule has 5 nitrogen and oxygen atoms in total. The summed E-state index contributed by atoms with van der Waals surface area (Å²) in [5.74, 6) is 0. The maximum absolute atomic E-state index is 8.56. The summed E-state index contributed by atoms with van der Waals surface area (Å²) in [6.45, 7) is 9.76. The van der Waals surface area contributed by atoms with E-state index in [1.54, 1.807) is 13.8 Å². The van der Waals surface area contributed by atoms with E-state index in [0.29, 0.717) is 6.42 Å². The average molecular weight is 575 g/mol. The van der Waals surface area contributed by atoms with Gasteiger partial charge in [0.25, 0.3) is 0 Å². The molecule has 2 atom stereocenters. The molecule has 3 heterocycles. The zero-order valence-electron chi connectivity index (χ0n) is 17.8. The van der Waals surface area contributed by atoms with Crippen molar-refractivity contribution in [3.63, 3.8) is 0 Å². The van der Waals surface area contributed by atoms with Gasteiger partial charge in [0.2, 0.25) is 0 Å².